The second kappa shape index (κ2) is 4.99. The molecule has 2 aliphatic carbocycles. The molecule has 0 bridgehead atoms. The van der Waals surface area contributed by atoms with Gasteiger partial charge < -0.3 is 20.4 Å². The lowest BCUT2D eigenvalue weighted by Crippen LogP contribution is -2.41. The second-order valence-corrected chi connectivity index (χ2v) is 7.31. The molecule has 2 fully saturated rings. The topological polar surface area (TPSA) is 80.9 Å². The van der Waals surface area contributed by atoms with Gasteiger partial charge in [0, 0.05) is 5.92 Å². The van der Waals surface area contributed by atoms with Crippen LogP contribution in [0.25, 0.3) is 0 Å². The van der Waals surface area contributed by atoms with Gasteiger partial charge in [0.25, 0.3) is 0 Å². The molecule has 19 heavy (non-hydrogen) atoms. The van der Waals surface area contributed by atoms with E-state index in [2.05, 4.69) is 6.92 Å². The van der Waals surface area contributed by atoms with Crippen molar-refractivity contribution in [1.82, 2.24) is 0 Å². The van der Waals surface area contributed by atoms with Crippen LogP contribution in [0.1, 0.15) is 46.5 Å². The Morgan fingerprint density at radius 3 is 2.53 bits per heavy atom. The van der Waals surface area contributed by atoms with Gasteiger partial charge >= 0.3 is 0 Å². The van der Waals surface area contributed by atoms with Crippen LogP contribution < -0.4 is 0 Å². The summed E-state index contributed by atoms with van der Waals surface area (Å²) >= 11 is 0. The average Bonchev–Trinajstić information content (AvgIpc) is 2.50. The molecule has 0 amide bonds. The molecule has 2 aliphatic rings. The first-order valence-electron chi connectivity index (χ1n) is 7.42. The van der Waals surface area contributed by atoms with Gasteiger partial charge in [0.1, 0.15) is 0 Å². The zero-order valence-corrected chi connectivity index (χ0v) is 12.2. The predicted octanol–water partition coefficient (Wildman–Crippen LogP) is 0.914. The summed E-state index contributed by atoms with van der Waals surface area (Å²) in [5.74, 6) is 0.436. The molecule has 0 heterocycles. The lowest BCUT2D eigenvalue weighted by Gasteiger charge is -2.35. The highest BCUT2D eigenvalue weighted by Crippen LogP contribution is 2.51. The summed E-state index contributed by atoms with van der Waals surface area (Å²) in [4.78, 5) is 0. The van der Waals surface area contributed by atoms with E-state index in [-0.39, 0.29) is 24.4 Å². The Bertz CT molecular complexity index is 326. The van der Waals surface area contributed by atoms with E-state index in [1.165, 1.54) is 0 Å². The molecule has 4 nitrogen and oxygen atoms in total. The molecule has 0 aromatic heterocycles. The normalized spacial score (nSPS) is 50.4. The van der Waals surface area contributed by atoms with Gasteiger partial charge in [0.05, 0.1) is 23.9 Å². The SMILES string of the molecule is C[C@H]1C[C@H](O)[C@@H]2[C@H]1C[C@H](C(C)(O)CO)CC[C@@]2(C)O. The van der Waals surface area contributed by atoms with Crippen LogP contribution in [-0.2, 0) is 0 Å². The maximum atomic E-state index is 10.7. The predicted molar refractivity (Wildman–Crippen MR) is 72.4 cm³/mol. The molecule has 0 spiro atoms. The number of hydrogen-bond acceptors (Lipinski definition) is 4. The zero-order valence-electron chi connectivity index (χ0n) is 12.2. The van der Waals surface area contributed by atoms with Crippen LogP contribution in [0.5, 0.6) is 0 Å². The third-order valence-corrected chi connectivity index (χ3v) is 5.69. The minimum absolute atomic E-state index is 0.0216. The van der Waals surface area contributed by atoms with Crippen molar-refractivity contribution in [2.24, 2.45) is 23.7 Å². The number of aliphatic hydroxyl groups is 4. The van der Waals surface area contributed by atoms with Crippen molar-refractivity contribution in [2.45, 2.75) is 63.8 Å². The van der Waals surface area contributed by atoms with Crippen LogP contribution in [-0.4, -0.2) is 44.3 Å². The van der Waals surface area contributed by atoms with E-state index in [1.807, 2.05) is 6.92 Å². The number of hydrogen-bond donors (Lipinski definition) is 4. The van der Waals surface area contributed by atoms with Gasteiger partial charge in [0.15, 0.2) is 0 Å². The minimum atomic E-state index is -1.10. The monoisotopic (exact) mass is 272 g/mol. The van der Waals surface area contributed by atoms with E-state index in [0.29, 0.717) is 18.8 Å². The Labute approximate surface area is 115 Å². The van der Waals surface area contributed by atoms with Crippen LogP contribution in [0.2, 0.25) is 0 Å². The molecular weight excluding hydrogens is 244 g/mol. The Morgan fingerprint density at radius 2 is 1.95 bits per heavy atom. The third-order valence-electron chi connectivity index (χ3n) is 5.69. The summed E-state index contributed by atoms with van der Waals surface area (Å²) in [6, 6.07) is 0. The van der Waals surface area contributed by atoms with Crippen molar-refractivity contribution < 1.29 is 20.4 Å². The highest BCUT2D eigenvalue weighted by Gasteiger charge is 2.53. The summed E-state index contributed by atoms with van der Waals surface area (Å²) in [6.07, 6.45) is 2.30. The van der Waals surface area contributed by atoms with Gasteiger partial charge in [-0.25, -0.2) is 0 Å². The maximum Gasteiger partial charge on any atom is 0.0877 e. The molecule has 1 unspecified atom stereocenters. The van der Waals surface area contributed by atoms with Crippen LogP contribution in [0.4, 0.5) is 0 Å². The molecule has 0 aliphatic heterocycles. The highest BCUT2D eigenvalue weighted by atomic mass is 16.3. The van der Waals surface area contributed by atoms with E-state index in [4.69, 9.17) is 0 Å². The standard InChI is InChI=1S/C15H28O4/c1-9-6-12(17)13-11(9)7-10(15(3,19)8-16)4-5-14(13,2)18/h9-13,16-19H,4-8H2,1-3H3/t9-,10+,11-,12-,13-,14+,15?/m0/s1. The average molecular weight is 272 g/mol. The molecule has 4 heteroatoms. The van der Waals surface area contributed by atoms with Crippen molar-refractivity contribution in [3.63, 3.8) is 0 Å². The number of fused-ring (bicyclic) bond motifs is 1. The molecule has 112 valence electrons. The molecule has 0 aromatic rings. The van der Waals surface area contributed by atoms with Crippen LogP contribution in [0.15, 0.2) is 0 Å². The fraction of sp³-hybridized carbons (Fsp3) is 1.00. The first-order chi connectivity index (χ1) is 8.69. The van der Waals surface area contributed by atoms with E-state index in [9.17, 15) is 20.4 Å². The Hall–Kier alpha value is -0.160. The number of aliphatic hydroxyl groups excluding tert-OH is 2. The Morgan fingerprint density at radius 1 is 1.32 bits per heavy atom. The summed E-state index contributed by atoms with van der Waals surface area (Å²) in [5.41, 5.74) is -1.98. The van der Waals surface area contributed by atoms with E-state index in [0.717, 1.165) is 12.8 Å². The minimum Gasteiger partial charge on any atom is -0.393 e. The largest absolute Gasteiger partial charge is 0.393 e. The molecular formula is C15H28O4. The van der Waals surface area contributed by atoms with Crippen LogP contribution in [0.3, 0.4) is 0 Å². The quantitative estimate of drug-likeness (QED) is 0.602. The van der Waals surface area contributed by atoms with Gasteiger partial charge in [-0.2, -0.15) is 0 Å². The lowest BCUT2D eigenvalue weighted by atomic mass is 9.75. The van der Waals surface area contributed by atoms with E-state index >= 15 is 0 Å². The molecule has 4 N–H and O–H groups in total. The van der Waals surface area contributed by atoms with E-state index in [1.54, 1.807) is 6.92 Å². The molecule has 2 saturated carbocycles. The number of rotatable bonds is 2. The van der Waals surface area contributed by atoms with Crippen molar-refractivity contribution in [3.8, 4) is 0 Å². The fourth-order valence-corrected chi connectivity index (χ4v) is 4.37. The summed E-state index contributed by atoms with van der Waals surface area (Å²) in [5, 5.41) is 40.6. The Kier molecular flexibility index (Phi) is 4.00. The Balaban J connectivity index is 2.26. The first kappa shape index (κ1) is 15.2. The van der Waals surface area contributed by atoms with Crippen molar-refractivity contribution in [3.05, 3.63) is 0 Å². The van der Waals surface area contributed by atoms with Gasteiger partial charge in [-0.1, -0.05) is 6.92 Å². The fourth-order valence-electron chi connectivity index (χ4n) is 4.37. The zero-order chi connectivity index (χ0) is 14.4. The third kappa shape index (κ3) is 2.68. The molecule has 0 aromatic carbocycles. The van der Waals surface area contributed by atoms with Gasteiger partial charge in [-0.15, -0.1) is 0 Å². The van der Waals surface area contributed by atoms with Crippen LogP contribution >= 0.6 is 0 Å². The van der Waals surface area contributed by atoms with Gasteiger partial charge in [0.2, 0.25) is 0 Å². The van der Waals surface area contributed by atoms with Crippen molar-refractivity contribution >= 4 is 0 Å². The molecule has 0 radical (unpaired) electrons. The van der Waals surface area contributed by atoms with Crippen molar-refractivity contribution in [2.75, 3.05) is 6.61 Å². The van der Waals surface area contributed by atoms with Gasteiger partial charge in [-0.05, 0) is 57.3 Å². The summed E-state index contributed by atoms with van der Waals surface area (Å²) < 4.78 is 0. The smallest absolute Gasteiger partial charge is 0.0877 e. The summed E-state index contributed by atoms with van der Waals surface area (Å²) in [6.45, 7) is 5.33. The molecule has 0 saturated heterocycles. The van der Waals surface area contributed by atoms with Gasteiger partial charge in [-0.3, -0.25) is 0 Å². The second-order valence-electron chi connectivity index (χ2n) is 7.31. The lowest BCUT2D eigenvalue weighted by molar-refractivity contribution is -0.0631. The first-order valence-corrected chi connectivity index (χ1v) is 7.42. The van der Waals surface area contributed by atoms with Crippen LogP contribution in [0, 0.1) is 23.7 Å². The molecule has 7 atom stereocenters. The highest BCUT2D eigenvalue weighted by molar-refractivity contribution is 5.03. The van der Waals surface area contributed by atoms with Crippen molar-refractivity contribution in [1.29, 1.82) is 0 Å². The summed E-state index contributed by atoms with van der Waals surface area (Å²) in [7, 11) is 0. The van der Waals surface area contributed by atoms with E-state index < -0.39 is 17.3 Å². The molecule has 2 rings (SSSR count). The maximum absolute atomic E-state index is 10.7.